The number of hydrogen-bond acceptors (Lipinski definition) is 3. The molecule has 2 fully saturated rings. The Labute approximate surface area is 102 Å². The summed E-state index contributed by atoms with van der Waals surface area (Å²) >= 11 is 1.86. The van der Waals surface area contributed by atoms with E-state index in [9.17, 15) is 0 Å². The first-order valence-electron chi connectivity index (χ1n) is 6.19. The Morgan fingerprint density at radius 2 is 2.38 bits per heavy atom. The van der Waals surface area contributed by atoms with E-state index in [4.69, 9.17) is 0 Å². The Hall–Kier alpha value is -0.540. The first kappa shape index (κ1) is 10.6. The monoisotopic (exact) mass is 236 g/mol. The first-order chi connectivity index (χ1) is 7.67. The van der Waals surface area contributed by atoms with E-state index < -0.39 is 0 Å². The van der Waals surface area contributed by atoms with Gasteiger partial charge in [0.25, 0.3) is 0 Å². The third-order valence-corrected chi connectivity index (χ3v) is 5.18. The molecule has 1 aromatic heterocycles. The predicted molar refractivity (Wildman–Crippen MR) is 70.2 cm³/mol. The van der Waals surface area contributed by atoms with Crippen LogP contribution in [-0.2, 0) is 0 Å². The van der Waals surface area contributed by atoms with Crippen molar-refractivity contribution >= 4 is 16.3 Å². The highest BCUT2D eigenvalue weighted by atomic mass is 32.1. The van der Waals surface area contributed by atoms with Crippen LogP contribution in [0.5, 0.6) is 0 Å². The molecule has 0 bridgehead atoms. The first-order valence-corrected chi connectivity index (χ1v) is 7.07. The summed E-state index contributed by atoms with van der Waals surface area (Å²) in [6.07, 6.45) is 1.34. The van der Waals surface area contributed by atoms with E-state index in [-0.39, 0.29) is 0 Å². The van der Waals surface area contributed by atoms with Crippen LogP contribution >= 0.6 is 11.3 Å². The molecule has 1 aromatic rings. The molecule has 3 rings (SSSR count). The summed E-state index contributed by atoms with van der Waals surface area (Å²) in [7, 11) is 0. The summed E-state index contributed by atoms with van der Waals surface area (Å²) in [5.74, 6) is 0.865. The van der Waals surface area contributed by atoms with Gasteiger partial charge in [0.2, 0.25) is 0 Å². The molecule has 3 heteroatoms. The minimum absolute atomic E-state index is 0.492. The molecule has 2 aliphatic rings. The van der Waals surface area contributed by atoms with Crippen molar-refractivity contribution in [2.45, 2.75) is 26.3 Å². The molecule has 0 spiro atoms. The SMILES string of the molecule is CC1(C)CNC2CN(c3cccs3)CCC21. The highest BCUT2D eigenvalue weighted by Gasteiger charge is 2.44. The fourth-order valence-electron chi connectivity index (χ4n) is 3.27. The smallest absolute Gasteiger partial charge is 0.0908 e. The maximum absolute atomic E-state index is 3.70. The lowest BCUT2D eigenvalue weighted by atomic mass is 9.75. The molecule has 0 amide bonds. The number of fused-ring (bicyclic) bond motifs is 1. The second kappa shape index (κ2) is 3.74. The average Bonchev–Trinajstić information content (AvgIpc) is 2.87. The molecule has 0 aromatic carbocycles. The molecule has 2 unspecified atom stereocenters. The standard InChI is InChI=1S/C13H20N2S/c1-13(2)9-14-11-8-15(6-5-10(11)13)12-4-3-7-16-12/h3-4,7,10-11,14H,5-6,8-9H2,1-2H3. The van der Waals surface area contributed by atoms with Gasteiger partial charge in [-0.3, -0.25) is 0 Å². The van der Waals surface area contributed by atoms with Gasteiger partial charge in [-0.25, -0.2) is 0 Å². The fourth-order valence-corrected chi connectivity index (χ4v) is 4.04. The summed E-state index contributed by atoms with van der Waals surface area (Å²) < 4.78 is 0. The van der Waals surface area contributed by atoms with Crippen LogP contribution in [0.1, 0.15) is 20.3 Å². The van der Waals surface area contributed by atoms with Crippen LogP contribution in [0, 0.1) is 11.3 Å². The topological polar surface area (TPSA) is 15.3 Å². The molecule has 2 nitrogen and oxygen atoms in total. The van der Waals surface area contributed by atoms with Crippen LogP contribution in [0.4, 0.5) is 5.00 Å². The van der Waals surface area contributed by atoms with Gasteiger partial charge in [0, 0.05) is 25.7 Å². The molecular formula is C13H20N2S. The second-order valence-electron chi connectivity index (χ2n) is 5.77. The molecule has 0 aliphatic carbocycles. The van der Waals surface area contributed by atoms with Gasteiger partial charge in [0.05, 0.1) is 5.00 Å². The Bertz CT molecular complexity index is 358. The average molecular weight is 236 g/mol. The summed E-state index contributed by atoms with van der Waals surface area (Å²) in [5, 5.41) is 7.31. The van der Waals surface area contributed by atoms with Crippen molar-refractivity contribution in [1.29, 1.82) is 0 Å². The van der Waals surface area contributed by atoms with Crippen molar-refractivity contribution in [2.24, 2.45) is 11.3 Å². The normalized spacial score (nSPS) is 32.8. The molecule has 0 radical (unpaired) electrons. The van der Waals surface area contributed by atoms with Gasteiger partial charge in [-0.2, -0.15) is 0 Å². The van der Waals surface area contributed by atoms with Crippen LogP contribution in [0.2, 0.25) is 0 Å². The van der Waals surface area contributed by atoms with Crippen molar-refractivity contribution in [3.8, 4) is 0 Å². The molecule has 3 heterocycles. The Morgan fingerprint density at radius 1 is 1.50 bits per heavy atom. The minimum Gasteiger partial charge on any atom is -0.362 e. The van der Waals surface area contributed by atoms with E-state index in [1.165, 1.54) is 31.1 Å². The zero-order valence-corrected chi connectivity index (χ0v) is 10.9. The zero-order chi connectivity index (χ0) is 11.2. The van der Waals surface area contributed by atoms with E-state index in [0.29, 0.717) is 11.5 Å². The lowest BCUT2D eigenvalue weighted by Gasteiger charge is -2.39. The maximum atomic E-state index is 3.70. The van der Waals surface area contributed by atoms with Crippen LogP contribution in [0.25, 0.3) is 0 Å². The number of nitrogens with zero attached hydrogens (tertiary/aromatic N) is 1. The van der Waals surface area contributed by atoms with Crippen molar-refractivity contribution in [3.05, 3.63) is 17.5 Å². The molecule has 2 saturated heterocycles. The van der Waals surface area contributed by atoms with Gasteiger partial charge >= 0.3 is 0 Å². The Balaban J connectivity index is 1.74. The van der Waals surface area contributed by atoms with Gasteiger partial charge < -0.3 is 10.2 Å². The van der Waals surface area contributed by atoms with Crippen LogP contribution in [-0.4, -0.2) is 25.7 Å². The lowest BCUT2D eigenvalue weighted by Crippen LogP contribution is -2.47. The van der Waals surface area contributed by atoms with Crippen LogP contribution < -0.4 is 10.2 Å². The number of nitrogens with one attached hydrogen (secondary N) is 1. The fraction of sp³-hybridized carbons (Fsp3) is 0.692. The minimum atomic E-state index is 0.492. The predicted octanol–water partition coefficient (Wildman–Crippen LogP) is 2.57. The third kappa shape index (κ3) is 1.66. The van der Waals surface area contributed by atoms with E-state index >= 15 is 0 Å². The molecule has 1 N–H and O–H groups in total. The van der Waals surface area contributed by atoms with E-state index in [0.717, 1.165) is 5.92 Å². The number of anilines is 1. The second-order valence-corrected chi connectivity index (χ2v) is 6.69. The quantitative estimate of drug-likeness (QED) is 0.806. The number of rotatable bonds is 1. The largest absolute Gasteiger partial charge is 0.362 e. The highest BCUT2D eigenvalue weighted by Crippen LogP contribution is 2.40. The van der Waals surface area contributed by atoms with E-state index in [1.807, 2.05) is 11.3 Å². The highest BCUT2D eigenvalue weighted by molar-refractivity contribution is 7.14. The molecule has 2 aliphatic heterocycles. The summed E-state index contributed by atoms with van der Waals surface area (Å²) in [4.78, 5) is 2.54. The van der Waals surface area contributed by atoms with Gasteiger partial charge in [-0.05, 0) is 35.3 Å². The van der Waals surface area contributed by atoms with Crippen molar-refractivity contribution in [1.82, 2.24) is 5.32 Å². The third-order valence-electron chi connectivity index (χ3n) is 4.25. The van der Waals surface area contributed by atoms with E-state index in [1.54, 1.807) is 0 Å². The van der Waals surface area contributed by atoms with Crippen molar-refractivity contribution in [3.63, 3.8) is 0 Å². The summed E-state index contributed by atoms with van der Waals surface area (Å²) in [5.41, 5.74) is 0.492. The van der Waals surface area contributed by atoms with Gasteiger partial charge in [0.1, 0.15) is 0 Å². The van der Waals surface area contributed by atoms with Crippen molar-refractivity contribution < 1.29 is 0 Å². The lowest BCUT2D eigenvalue weighted by molar-refractivity contribution is 0.228. The molecule has 88 valence electrons. The van der Waals surface area contributed by atoms with Crippen molar-refractivity contribution in [2.75, 3.05) is 24.5 Å². The number of hydrogen-bond donors (Lipinski definition) is 1. The molecule has 2 atom stereocenters. The van der Waals surface area contributed by atoms with Crippen LogP contribution in [0.3, 0.4) is 0 Å². The maximum Gasteiger partial charge on any atom is 0.0908 e. The van der Waals surface area contributed by atoms with Gasteiger partial charge in [-0.15, -0.1) is 11.3 Å². The van der Waals surface area contributed by atoms with Crippen LogP contribution in [0.15, 0.2) is 17.5 Å². The Morgan fingerprint density at radius 3 is 3.12 bits per heavy atom. The van der Waals surface area contributed by atoms with Gasteiger partial charge in [-0.1, -0.05) is 13.8 Å². The number of piperidine rings is 1. The summed E-state index contributed by atoms with van der Waals surface area (Å²) in [6, 6.07) is 5.09. The van der Waals surface area contributed by atoms with Gasteiger partial charge in [0.15, 0.2) is 0 Å². The molecule has 0 saturated carbocycles. The van der Waals surface area contributed by atoms with E-state index in [2.05, 4.69) is 41.6 Å². The zero-order valence-electron chi connectivity index (χ0n) is 10.1. The Kier molecular flexibility index (Phi) is 2.48. The number of thiophene rings is 1. The molecular weight excluding hydrogens is 216 g/mol. The summed E-state index contributed by atoms with van der Waals surface area (Å²) in [6.45, 7) is 8.42. The molecule has 16 heavy (non-hydrogen) atoms.